The van der Waals surface area contributed by atoms with Crippen LogP contribution in [0.25, 0.3) is 11.0 Å². The van der Waals surface area contributed by atoms with Crippen LogP contribution >= 0.6 is 0 Å². The minimum atomic E-state index is 0.112. The molecular weight excluding hydrogens is 258 g/mol. The highest BCUT2D eigenvalue weighted by Gasteiger charge is 2.34. The van der Waals surface area contributed by atoms with Crippen LogP contribution in [0, 0.1) is 5.92 Å². The van der Waals surface area contributed by atoms with E-state index in [1.807, 2.05) is 0 Å². The molecule has 1 heterocycles. The van der Waals surface area contributed by atoms with Gasteiger partial charge in [0.1, 0.15) is 11.3 Å². The van der Waals surface area contributed by atoms with Crippen LogP contribution in [0.15, 0.2) is 28.7 Å². The number of hydrogen-bond donors (Lipinski definition) is 1. The van der Waals surface area contributed by atoms with Crippen LogP contribution in [0.5, 0.6) is 0 Å². The molecule has 0 bridgehead atoms. The van der Waals surface area contributed by atoms with Gasteiger partial charge in [-0.1, -0.05) is 45.9 Å². The third-order valence-corrected chi connectivity index (χ3v) is 4.39. The molecule has 2 nitrogen and oxygen atoms in total. The second kappa shape index (κ2) is 5.49. The Morgan fingerprint density at radius 2 is 2.05 bits per heavy atom. The first-order valence-electron chi connectivity index (χ1n) is 8.27. The van der Waals surface area contributed by atoms with Gasteiger partial charge in [-0.15, -0.1) is 0 Å². The van der Waals surface area contributed by atoms with Crippen molar-refractivity contribution in [1.29, 1.82) is 0 Å². The Morgan fingerprint density at radius 3 is 2.67 bits per heavy atom. The fourth-order valence-electron chi connectivity index (χ4n) is 3.06. The molecule has 1 aliphatic carbocycles. The van der Waals surface area contributed by atoms with Gasteiger partial charge in [0, 0.05) is 10.9 Å². The zero-order valence-corrected chi connectivity index (χ0v) is 13.7. The molecule has 0 amide bonds. The van der Waals surface area contributed by atoms with E-state index in [1.54, 1.807) is 0 Å². The predicted octanol–water partition coefficient (Wildman–Crippen LogP) is 5.18. The minimum Gasteiger partial charge on any atom is -0.459 e. The summed E-state index contributed by atoms with van der Waals surface area (Å²) in [5, 5.41) is 4.91. The van der Waals surface area contributed by atoms with Gasteiger partial charge < -0.3 is 9.73 Å². The topological polar surface area (TPSA) is 25.2 Å². The summed E-state index contributed by atoms with van der Waals surface area (Å²) in [7, 11) is 0. The van der Waals surface area contributed by atoms with Crippen LogP contribution in [-0.2, 0) is 5.41 Å². The largest absolute Gasteiger partial charge is 0.459 e. The lowest BCUT2D eigenvalue weighted by molar-refractivity contribution is 0.394. The number of para-hydroxylation sites is 1. The maximum atomic E-state index is 6.32. The molecule has 114 valence electrons. The summed E-state index contributed by atoms with van der Waals surface area (Å²) in [6.45, 7) is 10.0. The van der Waals surface area contributed by atoms with E-state index in [0.29, 0.717) is 6.04 Å². The molecule has 1 aliphatic rings. The van der Waals surface area contributed by atoms with Gasteiger partial charge in [0.15, 0.2) is 0 Å². The van der Waals surface area contributed by atoms with Crippen LogP contribution in [0.1, 0.15) is 64.3 Å². The Kier molecular flexibility index (Phi) is 3.83. The number of furan rings is 1. The summed E-state index contributed by atoms with van der Waals surface area (Å²) in [5.41, 5.74) is 2.49. The number of benzene rings is 1. The number of hydrogen-bond acceptors (Lipinski definition) is 2. The van der Waals surface area contributed by atoms with Gasteiger partial charge in [-0.3, -0.25) is 0 Å². The second-order valence-corrected chi connectivity index (χ2v) is 7.39. The Balaban J connectivity index is 2.00. The maximum absolute atomic E-state index is 6.32. The highest BCUT2D eigenvalue weighted by Crippen LogP contribution is 2.43. The molecule has 0 saturated heterocycles. The average molecular weight is 285 g/mol. The van der Waals surface area contributed by atoms with E-state index in [-0.39, 0.29) is 5.41 Å². The normalized spacial score (nSPS) is 17.3. The van der Waals surface area contributed by atoms with E-state index in [4.69, 9.17) is 4.42 Å². The summed E-state index contributed by atoms with van der Waals surface area (Å²) in [4.78, 5) is 0. The SMILES string of the molecule is CCCNC(c1cc2cccc(C(C)(C)C)c2o1)C1CC1. The third-order valence-electron chi connectivity index (χ3n) is 4.39. The molecule has 0 spiro atoms. The van der Waals surface area contributed by atoms with Crippen molar-refractivity contribution in [2.45, 2.75) is 58.4 Å². The van der Waals surface area contributed by atoms with Gasteiger partial charge in [-0.2, -0.15) is 0 Å². The van der Waals surface area contributed by atoms with Crippen LogP contribution in [0.2, 0.25) is 0 Å². The van der Waals surface area contributed by atoms with Gasteiger partial charge in [0.2, 0.25) is 0 Å². The molecule has 1 saturated carbocycles. The zero-order chi connectivity index (χ0) is 15.0. The zero-order valence-electron chi connectivity index (χ0n) is 13.7. The summed E-state index contributed by atoms with van der Waals surface area (Å²) < 4.78 is 6.32. The first-order valence-corrected chi connectivity index (χ1v) is 8.27. The van der Waals surface area contributed by atoms with Gasteiger partial charge in [-0.05, 0) is 43.2 Å². The molecule has 2 aromatic rings. The lowest BCUT2D eigenvalue weighted by Crippen LogP contribution is -2.23. The first kappa shape index (κ1) is 14.6. The highest BCUT2D eigenvalue weighted by molar-refractivity contribution is 5.82. The summed E-state index contributed by atoms with van der Waals surface area (Å²) >= 11 is 0. The van der Waals surface area contributed by atoms with Crippen LogP contribution in [-0.4, -0.2) is 6.54 Å². The third kappa shape index (κ3) is 3.01. The molecule has 21 heavy (non-hydrogen) atoms. The number of fused-ring (bicyclic) bond motifs is 1. The molecule has 0 radical (unpaired) electrons. The van der Waals surface area contributed by atoms with Crippen molar-refractivity contribution >= 4 is 11.0 Å². The van der Waals surface area contributed by atoms with E-state index >= 15 is 0 Å². The van der Waals surface area contributed by atoms with Crippen LogP contribution < -0.4 is 5.32 Å². The Bertz CT molecular complexity index is 616. The van der Waals surface area contributed by atoms with Crippen molar-refractivity contribution in [3.63, 3.8) is 0 Å². The predicted molar refractivity (Wildman–Crippen MR) is 88.7 cm³/mol. The minimum absolute atomic E-state index is 0.112. The van der Waals surface area contributed by atoms with Gasteiger partial charge in [0.25, 0.3) is 0 Å². The summed E-state index contributed by atoms with van der Waals surface area (Å²) in [6, 6.07) is 9.15. The number of rotatable bonds is 5. The standard InChI is InChI=1S/C19H27NO/c1-5-11-20-17(13-9-10-13)16-12-14-7-6-8-15(18(14)21-16)19(2,3)4/h6-8,12-13,17,20H,5,9-11H2,1-4H3. The molecule has 1 fully saturated rings. The van der Waals surface area contributed by atoms with Gasteiger partial charge >= 0.3 is 0 Å². The monoisotopic (exact) mass is 285 g/mol. The molecule has 1 unspecified atom stereocenters. The molecule has 1 aromatic heterocycles. The Morgan fingerprint density at radius 1 is 1.29 bits per heavy atom. The highest BCUT2D eigenvalue weighted by atomic mass is 16.3. The van der Waals surface area contributed by atoms with Gasteiger partial charge in [0.05, 0.1) is 6.04 Å². The smallest absolute Gasteiger partial charge is 0.138 e. The van der Waals surface area contributed by atoms with Gasteiger partial charge in [-0.25, -0.2) is 0 Å². The lowest BCUT2D eigenvalue weighted by Gasteiger charge is -2.19. The first-order chi connectivity index (χ1) is 10.0. The fourth-order valence-corrected chi connectivity index (χ4v) is 3.06. The van der Waals surface area contributed by atoms with E-state index in [0.717, 1.165) is 30.2 Å². The van der Waals surface area contributed by atoms with Crippen molar-refractivity contribution in [1.82, 2.24) is 5.32 Å². The van der Waals surface area contributed by atoms with Crippen molar-refractivity contribution < 1.29 is 4.42 Å². The van der Waals surface area contributed by atoms with E-state index in [1.165, 1.54) is 23.8 Å². The van der Waals surface area contributed by atoms with E-state index in [9.17, 15) is 0 Å². The molecule has 3 rings (SSSR count). The van der Waals surface area contributed by atoms with Crippen molar-refractivity contribution in [2.24, 2.45) is 5.92 Å². The maximum Gasteiger partial charge on any atom is 0.138 e. The van der Waals surface area contributed by atoms with Crippen molar-refractivity contribution in [3.8, 4) is 0 Å². The Labute approximate surface area is 127 Å². The van der Waals surface area contributed by atoms with Crippen LogP contribution in [0.3, 0.4) is 0 Å². The summed E-state index contributed by atoms with van der Waals surface area (Å²) in [6.07, 6.45) is 3.81. The van der Waals surface area contributed by atoms with Crippen LogP contribution in [0.4, 0.5) is 0 Å². The fraction of sp³-hybridized carbons (Fsp3) is 0.579. The van der Waals surface area contributed by atoms with E-state index in [2.05, 4.69) is 57.3 Å². The van der Waals surface area contributed by atoms with E-state index < -0.39 is 0 Å². The van der Waals surface area contributed by atoms with Crippen molar-refractivity contribution in [3.05, 3.63) is 35.6 Å². The summed E-state index contributed by atoms with van der Waals surface area (Å²) in [5.74, 6) is 1.88. The molecule has 0 aliphatic heterocycles. The molecule has 1 aromatic carbocycles. The molecule has 1 N–H and O–H groups in total. The molecule has 2 heteroatoms. The lowest BCUT2D eigenvalue weighted by atomic mass is 9.86. The van der Waals surface area contributed by atoms with Crippen molar-refractivity contribution in [2.75, 3.05) is 6.54 Å². The molecule has 1 atom stereocenters. The second-order valence-electron chi connectivity index (χ2n) is 7.39. The quantitative estimate of drug-likeness (QED) is 0.818. The number of nitrogens with one attached hydrogen (secondary N) is 1. The average Bonchev–Trinajstić information content (AvgIpc) is 3.16. The molecular formula is C19H27NO. The Hall–Kier alpha value is -1.28.